The van der Waals surface area contributed by atoms with Crippen molar-refractivity contribution in [3.05, 3.63) is 35.9 Å². The lowest BCUT2D eigenvalue weighted by Gasteiger charge is -1.90. The summed E-state index contributed by atoms with van der Waals surface area (Å²) in [5.41, 5.74) is 0.826. The molecule has 84 valence electrons. The molecule has 2 heterocycles. The van der Waals surface area contributed by atoms with Crippen LogP contribution in [0.4, 0.5) is 0 Å². The molecule has 0 aromatic carbocycles. The second kappa shape index (κ2) is 4.76. The van der Waals surface area contributed by atoms with Gasteiger partial charge in [-0.25, -0.2) is 0 Å². The van der Waals surface area contributed by atoms with Gasteiger partial charge in [0.05, 0.1) is 12.9 Å². The summed E-state index contributed by atoms with van der Waals surface area (Å²) in [7, 11) is 0. The zero-order chi connectivity index (χ0) is 11.4. The lowest BCUT2D eigenvalue weighted by atomic mass is 10.2. The fraction of sp³-hybridized carbons (Fsp3) is 0.273. The van der Waals surface area contributed by atoms with Gasteiger partial charge in [-0.05, 0) is 25.1 Å². The highest BCUT2D eigenvalue weighted by Crippen LogP contribution is 2.16. The van der Waals surface area contributed by atoms with Crippen LogP contribution in [0.15, 0.2) is 27.3 Å². The normalized spacial score (nSPS) is 12.0. The van der Waals surface area contributed by atoms with Gasteiger partial charge < -0.3 is 14.0 Å². The highest BCUT2D eigenvalue weighted by atomic mass is 16.5. The van der Waals surface area contributed by atoms with Crippen LogP contribution in [0, 0.1) is 0 Å². The maximum atomic E-state index is 8.72. The molecule has 0 aliphatic heterocycles. The quantitative estimate of drug-likeness (QED) is 0.849. The van der Waals surface area contributed by atoms with E-state index in [-0.39, 0.29) is 6.61 Å². The van der Waals surface area contributed by atoms with Gasteiger partial charge in [0.1, 0.15) is 5.76 Å². The van der Waals surface area contributed by atoms with E-state index in [0.29, 0.717) is 18.1 Å². The molecule has 16 heavy (non-hydrogen) atoms. The smallest absolute Gasteiger partial charge is 0.253 e. The molecule has 0 bridgehead atoms. The molecule has 2 aromatic heterocycles. The van der Waals surface area contributed by atoms with E-state index in [1.165, 1.54) is 0 Å². The van der Waals surface area contributed by atoms with Crippen molar-refractivity contribution in [3.63, 3.8) is 0 Å². The van der Waals surface area contributed by atoms with E-state index >= 15 is 0 Å². The van der Waals surface area contributed by atoms with Crippen LogP contribution in [0.5, 0.6) is 0 Å². The van der Waals surface area contributed by atoms with Gasteiger partial charge in [0, 0.05) is 12.0 Å². The molecule has 0 unspecified atom stereocenters. The summed E-state index contributed by atoms with van der Waals surface area (Å²) in [6, 6.07) is 3.65. The van der Waals surface area contributed by atoms with Crippen LogP contribution in [-0.2, 0) is 6.42 Å². The lowest BCUT2D eigenvalue weighted by molar-refractivity contribution is 0.293. The predicted octanol–water partition coefficient (Wildman–Crippen LogP) is 1.76. The van der Waals surface area contributed by atoms with Crippen LogP contribution in [0.25, 0.3) is 11.6 Å². The first kappa shape index (κ1) is 10.6. The average Bonchev–Trinajstić information content (AvgIpc) is 2.89. The molecule has 5 heteroatoms. The number of hydrogen-bond donors (Lipinski definition) is 1. The Morgan fingerprint density at radius 3 is 3.12 bits per heavy atom. The molecule has 0 fully saturated rings. The molecular weight excluding hydrogens is 208 g/mol. The summed E-state index contributed by atoms with van der Waals surface area (Å²) < 4.78 is 10.2. The summed E-state index contributed by atoms with van der Waals surface area (Å²) in [5.74, 6) is 1.68. The Morgan fingerprint density at radius 1 is 1.56 bits per heavy atom. The number of aliphatic hydroxyl groups excluding tert-OH is 1. The molecular formula is C11H12N2O3. The Balaban J connectivity index is 2.17. The largest absolute Gasteiger partial charge is 0.465 e. The van der Waals surface area contributed by atoms with Crippen molar-refractivity contribution < 1.29 is 14.0 Å². The molecule has 0 atom stereocenters. The SMILES string of the molecule is C/C(=C/c1ccco1)c1nc(CCO)no1. The van der Waals surface area contributed by atoms with Gasteiger partial charge in [0.25, 0.3) is 5.89 Å². The number of allylic oxidation sites excluding steroid dienone is 1. The van der Waals surface area contributed by atoms with E-state index < -0.39 is 0 Å². The molecule has 0 spiro atoms. The third-order valence-corrected chi connectivity index (χ3v) is 2.04. The zero-order valence-corrected chi connectivity index (χ0v) is 8.88. The lowest BCUT2D eigenvalue weighted by Crippen LogP contribution is -1.92. The highest BCUT2D eigenvalue weighted by molar-refractivity contribution is 5.74. The van der Waals surface area contributed by atoms with Crippen molar-refractivity contribution in [1.29, 1.82) is 0 Å². The summed E-state index contributed by atoms with van der Waals surface area (Å²) in [6.45, 7) is 1.87. The van der Waals surface area contributed by atoms with Crippen molar-refractivity contribution in [2.75, 3.05) is 6.61 Å². The van der Waals surface area contributed by atoms with Crippen LogP contribution < -0.4 is 0 Å². The van der Waals surface area contributed by atoms with Crippen molar-refractivity contribution in [3.8, 4) is 0 Å². The van der Waals surface area contributed by atoms with Crippen LogP contribution in [-0.4, -0.2) is 21.9 Å². The second-order valence-corrected chi connectivity index (χ2v) is 3.33. The minimum absolute atomic E-state index is 0.0138. The molecule has 0 radical (unpaired) electrons. The summed E-state index contributed by atoms with van der Waals surface area (Å²) in [5, 5.41) is 12.5. The third kappa shape index (κ3) is 2.38. The molecule has 2 aromatic rings. The molecule has 5 nitrogen and oxygen atoms in total. The van der Waals surface area contributed by atoms with Crippen molar-refractivity contribution in [2.45, 2.75) is 13.3 Å². The Hall–Kier alpha value is -1.88. The molecule has 0 aliphatic rings. The van der Waals surface area contributed by atoms with E-state index in [1.807, 2.05) is 25.1 Å². The van der Waals surface area contributed by atoms with Crippen molar-refractivity contribution in [2.24, 2.45) is 0 Å². The zero-order valence-electron chi connectivity index (χ0n) is 8.88. The van der Waals surface area contributed by atoms with Gasteiger partial charge in [-0.1, -0.05) is 5.16 Å². The number of nitrogens with zero attached hydrogens (tertiary/aromatic N) is 2. The maximum Gasteiger partial charge on any atom is 0.253 e. The van der Waals surface area contributed by atoms with E-state index in [9.17, 15) is 0 Å². The monoisotopic (exact) mass is 220 g/mol. The Kier molecular flexibility index (Phi) is 3.16. The molecule has 0 aliphatic carbocycles. The predicted molar refractivity (Wildman–Crippen MR) is 57.3 cm³/mol. The van der Waals surface area contributed by atoms with Gasteiger partial charge >= 0.3 is 0 Å². The molecule has 0 amide bonds. The van der Waals surface area contributed by atoms with Crippen LogP contribution in [0.2, 0.25) is 0 Å². The first-order valence-electron chi connectivity index (χ1n) is 4.95. The number of aromatic nitrogens is 2. The Labute approximate surface area is 92.4 Å². The molecule has 0 saturated carbocycles. The van der Waals surface area contributed by atoms with Gasteiger partial charge in [-0.15, -0.1) is 0 Å². The van der Waals surface area contributed by atoms with Gasteiger partial charge in [0.15, 0.2) is 5.82 Å². The van der Waals surface area contributed by atoms with E-state index in [2.05, 4.69) is 10.1 Å². The van der Waals surface area contributed by atoms with Gasteiger partial charge in [-0.3, -0.25) is 0 Å². The number of rotatable bonds is 4. The van der Waals surface area contributed by atoms with Crippen molar-refractivity contribution in [1.82, 2.24) is 10.1 Å². The van der Waals surface area contributed by atoms with Crippen LogP contribution in [0.3, 0.4) is 0 Å². The molecule has 0 saturated heterocycles. The first-order valence-corrected chi connectivity index (χ1v) is 4.95. The second-order valence-electron chi connectivity index (χ2n) is 3.33. The van der Waals surface area contributed by atoms with Gasteiger partial charge in [0.2, 0.25) is 0 Å². The summed E-state index contributed by atoms with van der Waals surface area (Å²) >= 11 is 0. The number of hydrogen-bond acceptors (Lipinski definition) is 5. The van der Waals surface area contributed by atoms with Crippen LogP contribution in [0.1, 0.15) is 24.4 Å². The van der Waals surface area contributed by atoms with E-state index in [0.717, 1.165) is 11.3 Å². The standard InChI is InChI=1S/C11H12N2O3/c1-8(7-9-3-2-6-15-9)11-12-10(4-5-14)13-16-11/h2-3,6-7,14H,4-5H2,1H3/b8-7-. The minimum atomic E-state index is 0.0138. The van der Waals surface area contributed by atoms with Crippen molar-refractivity contribution >= 4 is 11.6 Å². The fourth-order valence-corrected chi connectivity index (χ4v) is 1.26. The minimum Gasteiger partial charge on any atom is -0.465 e. The van der Waals surface area contributed by atoms with Crippen LogP contribution >= 0.6 is 0 Å². The topological polar surface area (TPSA) is 72.3 Å². The number of furan rings is 1. The summed E-state index contributed by atoms with van der Waals surface area (Å²) in [6.07, 6.45) is 3.82. The Bertz CT molecular complexity index is 471. The molecule has 2 rings (SSSR count). The highest BCUT2D eigenvalue weighted by Gasteiger charge is 2.07. The summed E-state index contributed by atoms with van der Waals surface area (Å²) in [4.78, 5) is 4.13. The fourth-order valence-electron chi connectivity index (χ4n) is 1.26. The van der Waals surface area contributed by atoms with E-state index in [1.54, 1.807) is 6.26 Å². The Morgan fingerprint density at radius 2 is 2.44 bits per heavy atom. The maximum absolute atomic E-state index is 8.72. The van der Waals surface area contributed by atoms with E-state index in [4.69, 9.17) is 14.0 Å². The third-order valence-electron chi connectivity index (χ3n) is 2.04. The number of aliphatic hydroxyl groups is 1. The molecule has 1 N–H and O–H groups in total. The van der Waals surface area contributed by atoms with Gasteiger partial charge in [-0.2, -0.15) is 4.98 Å². The first-order chi connectivity index (χ1) is 7.79. The average molecular weight is 220 g/mol.